The summed E-state index contributed by atoms with van der Waals surface area (Å²) < 4.78 is 4.75. The summed E-state index contributed by atoms with van der Waals surface area (Å²) in [6.45, 7) is 0. The lowest BCUT2D eigenvalue weighted by molar-refractivity contribution is 1.05. The van der Waals surface area contributed by atoms with Gasteiger partial charge in [0.15, 0.2) is 17.5 Å². The predicted octanol–water partition coefficient (Wildman–Crippen LogP) is 13.2. The van der Waals surface area contributed by atoms with Gasteiger partial charge in [-0.1, -0.05) is 115 Å². The van der Waals surface area contributed by atoms with Gasteiger partial charge in [0, 0.05) is 50.9 Å². The van der Waals surface area contributed by atoms with E-state index in [1.807, 2.05) is 42.5 Å². The Hall–Kier alpha value is -8.55. The van der Waals surface area contributed by atoms with E-state index in [-0.39, 0.29) is 0 Å². The van der Waals surface area contributed by atoms with Gasteiger partial charge in [0.25, 0.3) is 0 Å². The highest BCUT2D eigenvalue weighted by Crippen LogP contribution is 2.40. The molecule has 0 spiro atoms. The number of hydrogen-bond donors (Lipinski definition) is 0. The second kappa shape index (κ2) is 14.6. The molecule has 0 aliphatic carbocycles. The third-order valence-electron chi connectivity index (χ3n) is 11.7. The van der Waals surface area contributed by atoms with Crippen LogP contribution in [0.1, 0.15) is 0 Å². The van der Waals surface area contributed by atoms with Crippen LogP contribution in [0.3, 0.4) is 0 Å². The molecule has 0 N–H and O–H groups in total. The lowest BCUT2D eigenvalue weighted by Crippen LogP contribution is -2.01. The molecule has 0 unspecified atom stereocenters. The van der Waals surface area contributed by atoms with Gasteiger partial charge in [-0.15, -0.1) is 0 Å². The predicted molar refractivity (Wildman–Crippen MR) is 251 cm³/mol. The molecule has 0 fully saturated rings. The minimum Gasteiger partial charge on any atom is -0.309 e. The van der Waals surface area contributed by atoms with E-state index < -0.39 is 0 Å². The Bertz CT molecular complexity index is 3560. The quantitative estimate of drug-likeness (QED) is 0.161. The molecule has 7 nitrogen and oxygen atoms in total. The number of pyridine rings is 2. The Labute approximate surface area is 356 Å². The summed E-state index contributed by atoms with van der Waals surface area (Å²) in [7, 11) is 0. The fourth-order valence-electron chi connectivity index (χ4n) is 8.90. The highest BCUT2D eigenvalue weighted by molar-refractivity contribution is 6.16. The SMILES string of the molecule is c1ccc(-n2c3ccccc3c3c(-c4ccc(-n5c6ccccc6c6cc(-c7cccc(-c8nc(-c9ccccn9)nc(-c9ccccn9)n8)c7)ccc65)cc4)cccc32)cc1. The zero-order valence-corrected chi connectivity index (χ0v) is 33.3. The lowest BCUT2D eigenvalue weighted by Gasteiger charge is -2.11. The van der Waals surface area contributed by atoms with Crippen LogP contribution in [0.4, 0.5) is 0 Å². The third kappa shape index (κ3) is 5.94. The van der Waals surface area contributed by atoms with Crippen molar-refractivity contribution >= 4 is 43.6 Å². The van der Waals surface area contributed by atoms with Crippen LogP contribution < -0.4 is 0 Å². The van der Waals surface area contributed by atoms with Crippen LogP contribution in [0.5, 0.6) is 0 Å². The smallest absolute Gasteiger partial charge is 0.182 e. The molecule has 0 radical (unpaired) electrons. The maximum absolute atomic E-state index is 4.91. The number of fused-ring (bicyclic) bond motifs is 6. The third-order valence-corrected chi connectivity index (χ3v) is 11.7. The van der Waals surface area contributed by atoms with Crippen LogP contribution in [-0.4, -0.2) is 34.1 Å². The van der Waals surface area contributed by atoms with Crippen molar-refractivity contribution in [2.75, 3.05) is 0 Å². The summed E-state index contributed by atoms with van der Waals surface area (Å²) in [5.74, 6) is 1.55. The van der Waals surface area contributed by atoms with Gasteiger partial charge in [-0.2, -0.15) is 0 Å². The van der Waals surface area contributed by atoms with E-state index in [1.54, 1.807) is 12.4 Å². The Morgan fingerprint density at radius 3 is 1.56 bits per heavy atom. The lowest BCUT2D eigenvalue weighted by atomic mass is 9.99. The van der Waals surface area contributed by atoms with Crippen LogP contribution in [0.25, 0.3) is 112 Å². The Kier molecular flexibility index (Phi) is 8.35. The minimum atomic E-state index is 0.497. The molecular formula is C55H35N7. The highest BCUT2D eigenvalue weighted by atomic mass is 15.1. The summed E-state index contributed by atoms with van der Waals surface area (Å²) in [5.41, 5.74) is 13.7. The minimum absolute atomic E-state index is 0.497. The second-order valence-corrected chi connectivity index (χ2v) is 15.3. The number of nitrogens with zero attached hydrogens (tertiary/aromatic N) is 7. The van der Waals surface area contributed by atoms with Gasteiger partial charge in [-0.25, -0.2) is 15.0 Å². The van der Waals surface area contributed by atoms with Crippen LogP contribution in [-0.2, 0) is 0 Å². The molecule has 7 heteroatoms. The number of rotatable bonds is 7. The maximum Gasteiger partial charge on any atom is 0.182 e. The van der Waals surface area contributed by atoms with E-state index in [9.17, 15) is 0 Å². The average Bonchev–Trinajstić information content (AvgIpc) is 3.87. The number of para-hydroxylation sites is 3. The topological polar surface area (TPSA) is 74.3 Å². The Morgan fingerprint density at radius 2 is 0.839 bits per heavy atom. The van der Waals surface area contributed by atoms with Gasteiger partial charge in [0.2, 0.25) is 0 Å². The summed E-state index contributed by atoms with van der Waals surface area (Å²) in [6, 6.07) is 70.3. The van der Waals surface area contributed by atoms with E-state index in [1.165, 1.54) is 43.7 Å². The van der Waals surface area contributed by atoms with Crippen molar-refractivity contribution in [3.63, 3.8) is 0 Å². The summed E-state index contributed by atoms with van der Waals surface area (Å²) in [6.07, 6.45) is 3.49. The van der Waals surface area contributed by atoms with Crippen molar-refractivity contribution in [1.29, 1.82) is 0 Å². The molecule has 0 atom stereocenters. The summed E-state index contributed by atoms with van der Waals surface area (Å²) in [5, 5.41) is 4.87. The molecule has 5 heterocycles. The molecule has 290 valence electrons. The first-order chi connectivity index (χ1) is 30.7. The zero-order valence-electron chi connectivity index (χ0n) is 33.3. The zero-order chi connectivity index (χ0) is 41.0. The second-order valence-electron chi connectivity index (χ2n) is 15.3. The van der Waals surface area contributed by atoms with E-state index in [0.717, 1.165) is 39.1 Å². The standard InChI is InChI=1S/C55H35N7/c1-2-16-40(17-3-1)62-49-24-7-5-19-44(49)52-42(20-13-25-51(52)62)36-26-29-41(30-27-36)61-48-23-6-4-18-43(48)45-35-38(28-31-50(45)61)37-14-12-15-39(34-37)53-58-54(46-21-8-10-32-56-46)60-55(59-53)47-22-9-11-33-57-47/h1-35H. The van der Waals surface area contributed by atoms with Gasteiger partial charge < -0.3 is 9.13 Å². The largest absolute Gasteiger partial charge is 0.309 e. The van der Waals surface area contributed by atoms with Crippen molar-refractivity contribution in [2.45, 2.75) is 0 Å². The molecule has 5 aromatic heterocycles. The molecule has 62 heavy (non-hydrogen) atoms. The Balaban J connectivity index is 0.939. The van der Waals surface area contributed by atoms with E-state index in [0.29, 0.717) is 28.9 Å². The van der Waals surface area contributed by atoms with Gasteiger partial charge in [0.05, 0.1) is 22.1 Å². The molecule has 0 amide bonds. The molecule has 0 saturated carbocycles. The van der Waals surface area contributed by atoms with E-state index in [2.05, 4.69) is 177 Å². The average molecular weight is 794 g/mol. The molecule has 12 aromatic rings. The molecule has 12 rings (SSSR count). The Morgan fingerprint density at radius 1 is 0.306 bits per heavy atom. The van der Waals surface area contributed by atoms with Crippen molar-refractivity contribution in [3.8, 4) is 68.1 Å². The van der Waals surface area contributed by atoms with Crippen LogP contribution >= 0.6 is 0 Å². The van der Waals surface area contributed by atoms with Gasteiger partial charge in [-0.3, -0.25) is 9.97 Å². The first-order valence-corrected chi connectivity index (χ1v) is 20.7. The molecule has 7 aromatic carbocycles. The van der Waals surface area contributed by atoms with Crippen molar-refractivity contribution in [1.82, 2.24) is 34.1 Å². The van der Waals surface area contributed by atoms with Crippen LogP contribution in [0.15, 0.2) is 213 Å². The fourth-order valence-corrected chi connectivity index (χ4v) is 8.90. The van der Waals surface area contributed by atoms with E-state index >= 15 is 0 Å². The van der Waals surface area contributed by atoms with Crippen LogP contribution in [0, 0.1) is 0 Å². The summed E-state index contributed by atoms with van der Waals surface area (Å²) in [4.78, 5) is 23.7. The van der Waals surface area contributed by atoms with Crippen molar-refractivity contribution in [3.05, 3.63) is 213 Å². The first-order valence-electron chi connectivity index (χ1n) is 20.7. The monoisotopic (exact) mass is 793 g/mol. The number of benzene rings is 7. The molecule has 0 aliphatic rings. The van der Waals surface area contributed by atoms with Crippen LogP contribution in [0.2, 0.25) is 0 Å². The van der Waals surface area contributed by atoms with Gasteiger partial charge in [-0.05, 0) is 107 Å². The van der Waals surface area contributed by atoms with E-state index in [4.69, 9.17) is 15.0 Å². The number of hydrogen-bond acceptors (Lipinski definition) is 5. The van der Waals surface area contributed by atoms with Gasteiger partial charge in [0.1, 0.15) is 11.4 Å². The molecule has 0 aliphatic heterocycles. The van der Waals surface area contributed by atoms with Gasteiger partial charge >= 0.3 is 0 Å². The first kappa shape index (κ1) is 35.4. The molecule has 0 saturated heterocycles. The van der Waals surface area contributed by atoms with Crippen molar-refractivity contribution in [2.24, 2.45) is 0 Å². The highest BCUT2D eigenvalue weighted by Gasteiger charge is 2.19. The summed E-state index contributed by atoms with van der Waals surface area (Å²) >= 11 is 0. The molecule has 0 bridgehead atoms. The maximum atomic E-state index is 4.91. The fraction of sp³-hybridized carbons (Fsp3) is 0. The number of aromatic nitrogens is 7. The normalized spacial score (nSPS) is 11.5. The molecular weight excluding hydrogens is 759 g/mol. The van der Waals surface area contributed by atoms with Crippen molar-refractivity contribution < 1.29 is 0 Å².